The van der Waals surface area contributed by atoms with Crippen LogP contribution >= 0.6 is 11.8 Å². The smallest absolute Gasteiger partial charge is 0.238 e. The molecule has 7 heteroatoms. The molecule has 178 valence electrons. The first-order valence-electron chi connectivity index (χ1n) is 11.6. The van der Waals surface area contributed by atoms with Crippen molar-refractivity contribution in [1.82, 2.24) is 0 Å². The quantitative estimate of drug-likeness (QED) is 0.376. The topological polar surface area (TPSA) is 67.9 Å². The fraction of sp³-hybridized carbons (Fsp3) is 0.462. The Morgan fingerprint density at radius 2 is 1.82 bits per heavy atom. The number of carbonyl (C=O) groups is 2. The van der Waals surface area contributed by atoms with Crippen LogP contribution in [0.4, 0.5) is 11.4 Å². The zero-order chi connectivity index (χ0) is 23.6. The molecule has 0 unspecified atom stereocenters. The van der Waals surface area contributed by atoms with Gasteiger partial charge in [-0.1, -0.05) is 57.2 Å². The van der Waals surface area contributed by atoms with Gasteiger partial charge in [-0.2, -0.15) is 0 Å². The first-order valence-corrected chi connectivity index (χ1v) is 12.7. The molecule has 0 bridgehead atoms. The van der Waals surface area contributed by atoms with Crippen LogP contribution in [0.3, 0.4) is 0 Å². The van der Waals surface area contributed by atoms with Gasteiger partial charge in [0.15, 0.2) is 0 Å². The summed E-state index contributed by atoms with van der Waals surface area (Å²) in [7, 11) is 3.18. The van der Waals surface area contributed by atoms with Crippen LogP contribution in [0.5, 0.6) is 11.5 Å². The maximum Gasteiger partial charge on any atom is 0.238 e. The van der Waals surface area contributed by atoms with Crippen LogP contribution in [0.15, 0.2) is 42.5 Å². The Hall–Kier alpha value is -2.67. The van der Waals surface area contributed by atoms with Crippen molar-refractivity contribution >= 4 is 35.0 Å². The summed E-state index contributed by atoms with van der Waals surface area (Å²) < 4.78 is 10.9. The molecule has 1 saturated heterocycles. The van der Waals surface area contributed by atoms with Gasteiger partial charge < -0.3 is 14.8 Å². The highest BCUT2D eigenvalue weighted by molar-refractivity contribution is 8.00. The number of ether oxygens (including phenoxy) is 2. The number of nitrogens with zero attached hydrogens (tertiary/aromatic N) is 1. The fourth-order valence-electron chi connectivity index (χ4n) is 4.00. The minimum atomic E-state index is -0.259. The highest BCUT2D eigenvalue weighted by atomic mass is 32.2. The van der Waals surface area contributed by atoms with Gasteiger partial charge in [-0.05, 0) is 24.6 Å². The van der Waals surface area contributed by atoms with Gasteiger partial charge in [0.25, 0.3) is 0 Å². The zero-order valence-corrected chi connectivity index (χ0v) is 20.6. The van der Waals surface area contributed by atoms with E-state index in [1.54, 1.807) is 36.9 Å². The summed E-state index contributed by atoms with van der Waals surface area (Å²) in [4.78, 5) is 27.3. The summed E-state index contributed by atoms with van der Waals surface area (Å²) in [5, 5.41) is 2.82. The monoisotopic (exact) mass is 470 g/mol. The van der Waals surface area contributed by atoms with Crippen LogP contribution < -0.4 is 19.7 Å². The maximum atomic E-state index is 12.9. The van der Waals surface area contributed by atoms with Crippen molar-refractivity contribution in [2.75, 3.05) is 30.2 Å². The van der Waals surface area contributed by atoms with Gasteiger partial charge in [0.1, 0.15) is 16.9 Å². The van der Waals surface area contributed by atoms with Gasteiger partial charge >= 0.3 is 0 Å². The van der Waals surface area contributed by atoms with Crippen LogP contribution in [0.25, 0.3) is 0 Å². The third-order valence-electron chi connectivity index (χ3n) is 5.77. The van der Waals surface area contributed by atoms with E-state index in [2.05, 4.69) is 12.2 Å². The van der Waals surface area contributed by atoms with Crippen molar-refractivity contribution in [3.05, 3.63) is 48.0 Å². The zero-order valence-electron chi connectivity index (χ0n) is 19.8. The van der Waals surface area contributed by atoms with E-state index >= 15 is 0 Å². The van der Waals surface area contributed by atoms with Crippen LogP contribution in [0, 0.1) is 0 Å². The van der Waals surface area contributed by atoms with E-state index in [-0.39, 0.29) is 17.2 Å². The van der Waals surface area contributed by atoms with E-state index < -0.39 is 0 Å². The van der Waals surface area contributed by atoms with E-state index in [1.165, 1.54) is 25.7 Å². The largest absolute Gasteiger partial charge is 0.497 e. The predicted octanol–water partition coefficient (Wildman–Crippen LogP) is 6.17. The van der Waals surface area contributed by atoms with E-state index in [1.807, 2.05) is 36.4 Å². The van der Waals surface area contributed by atoms with Crippen molar-refractivity contribution < 1.29 is 19.1 Å². The molecule has 2 aromatic carbocycles. The second-order valence-electron chi connectivity index (χ2n) is 8.12. The van der Waals surface area contributed by atoms with E-state index in [9.17, 15) is 9.59 Å². The number of rotatable bonds is 12. The molecule has 6 nitrogen and oxygen atoms in total. The van der Waals surface area contributed by atoms with Crippen molar-refractivity contribution in [3.8, 4) is 11.5 Å². The number of para-hydroxylation sites is 1. The highest BCUT2D eigenvalue weighted by Crippen LogP contribution is 2.47. The Bertz CT molecular complexity index is 950. The molecule has 1 atom stereocenters. The lowest BCUT2D eigenvalue weighted by Gasteiger charge is -2.27. The summed E-state index contributed by atoms with van der Waals surface area (Å²) in [6, 6.07) is 13.2. The third kappa shape index (κ3) is 6.44. The minimum absolute atomic E-state index is 0.00155. The van der Waals surface area contributed by atoms with E-state index in [0.29, 0.717) is 29.4 Å². The Kier molecular flexibility index (Phi) is 9.48. The minimum Gasteiger partial charge on any atom is -0.497 e. The molecule has 0 radical (unpaired) electrons. The number of benzene rings is 2. The average molecular weight is 471 g/mol. The molecule has 0 aliphatic carbocycles. The molecule has 1 aliphatic rings. The standard InChI is InChI=1S/C26H34N2O4S/c1-4-5-6-7-8-9-14-24(29)27-21-13-11-10-12-20(21)26-28(25(30)18-33-26)22-16-15-19(31-2)17-23(22)32-3/h10-13,15-17,26H,4-9,14,18H2,1-3H3,(H,27,29)/t26-/m0/s1. The Balaban J connectivity index is 1.75. The van der Waals surface area contributed by atoms with Gasteiger partial charge in [0.2, 0.25) is 11.8 Å². The van der Waals surface area contributed by atoms with Gasteiger partial charge in [-0.3, -0.25) is 14.5 Å². The van der Waals surface area contributed by atoms with Crippen molar-refractivity contribution in [1.29, 1.82) is 0 Å². The normalized spacial score (nSPS) is 15.5. The number of carbonyl (C=O) groups excluding carboxylic acids is 2. The van der Waals surface area contributed by atoms with Crippen molar-refractivity contribution in [3.63, 3.8) is 0 Å². The van der Waals surface area contributed by atoms with Gasteiger partial charge in [-0.15, -0.1) is 11.8 Å². The number of amides is 2. The molecule has 2 aromatic rings. The van der Waals surface area contributed by atoms with Gasteiger partial charge in [0.05, 0.1) is 25.7 Å². The predicted molar refractivity (Wildman–Crippen MR) is 135 cm³/mol. The van der Waals surface area contributed by atoms with E-state index in [4.69, 9.17) is 9.47 Å². The summed E-state index contributed by atoms with van der Waals surface area (Å²) in [6.07, 6.45) is 7.37. The molecule has 0 aromatic heterocycles. The second-order valence-corrected chi connectivity index (χ2v) is 9.19. The molecule has 2 amide bonds. The lowest BCUT2D eigenvalue weighted by molar-refractivity contribution is -0.116. The van der Waals surface area contributed by atoms with Crippen LogP contribution in [-0.2, 0) is 9.59 Å². The van der Waals surface area contributed by atoms with Crippen LogP contribution in [0.1, 0.15) is 62.8 Å². The molecule has 1 heterocycles. The number of hydrogen-bond donors (Lipinski definition) is 1. The maximum absolute atomic E-state index is 12.9. The number of thioether (sulfide) groups is 1. The first-order chi connectivity index (χ1) is 16.1. The van der Waals surface area contributed by atoms with E-state index in [0.717, 1.165) is 24.1 Å². The number of methoxy groups -OCH3 is 2. The Morgan fingerprint density at radius 1 is 1.06 bits per heavy atom. The fourth-order valence-corrected chi connectivity index (χ4v) is 5.21. The van der Waals surface area contributed by atoms with Gasteiger partial charge in [0, 0.05) is 23.7 Å². The van der Waals surface area contributed by atoms with Gasteiger partial charge in [-0.25, -0.2) is 0 Å². The van der Waals surface area contributed by atoms with Crippen LogP contribution in [-0.4, -0.2) is 31.8 Å². The molecule has 1 N–H and O–H groups in total. The third-order valence-corrected chi connectivity index (χ3v) is 6.97. The molecular weight excluding hydrogens is 436 g/mol. The summed E-state index contributed by atoms with van der Waals surface area (Å²) >= 11 is 1.54. The summed E-state index contributed by atoms with van der Waals surface area (Å²) in [6.45, 7) is 2.20. The number of anilines is 2. The Morgan fingerprint density at radius 3 is 2.58 bits per heavy atom. The molecule has 1 aliphatic heterocycles. The lowest BCUT2D eigenvalue weighted by Crippen LogP contribution is -2.29. The second kappa shape index (κ2) is 12.5. The molecule has 0 spiro atoms. The highest BCUT2D eigenvalue weighted by Gasteiger charge is 2.37. The SMILES string of the molecule is CCCCCCCCC(=O)Nc1ccccc1[C@@H]1SCC(=O)N1c1ccc(OC)cc1OC. The molecule has 33 heavy (non-hydrogen) atoms. The molecule has 0 saturated carbocycles. The summed E-state index contributed by atoms with van der Waals surface area (Å²) in [5.74, 6) is 1.61. The lowest BCUT2D eigenvalue weighted by atomic mass is 10.1. The number of hydrogen-bond acceptors (Lipinski definition) is 5. The Labute approximate surface area is 201 Å². The molecule has 1 fully saturated rings. The first kappa shape index (κ1) is 25.0. The summed E-state index contributed by atoms with van der Waals surface area (Å²) in [5.41, 5.74) is 2.34. The van der Waals surface area contributed by atoms with Crippen LogP contribution in [0.2, 0.25) is 0 Å². The number of unbranched alkanes of at least 4 members (excludes halogenated alkanes) is 5. The van der Waals surface area contributed by atoms with Crippen molar-refractivity contribution in [2.24, 2.45) is 0 Å². The molecular formula is C26H34N2O4S. The number of nitrogens with one attached hydrogen (secondary N) is 1. The van der Waals surface area contributed by atoms with Crippen molar-refractivity contribution in [2.45, 2.75) is 57.2 Å². The average Bonchev–Trinajstić information content (AvgIpc) is 3.22. The molecule has 3 rings (SSSR count).